The van der Waals surface area contributed by atoms with Crippen LogP contribution in [0.4, 0.5) is 0 Å². The number of nitrogens with one attached hydrogen (secondary N) is 2. The summed E-state index contributed by atoms with van der Waals surface area (Å²) >= 11 is 14.6. The molecule has 0 fully saturated rings. The van der Waals surface area contributed by atoms with Gasteiger partial charge >= 0.3 is 0 Å². The number of H-pyrrole nitrogens is 1. The van der Waals surface area contributed by atoms with Gasteiger partial charge in [0.2, 0.25) is 5.82 Å². The van der Waals surface area contributed by atoms with Crippen molar-refractivity contribution in [1.29, 1.82) is 0 Å². The van der Waals surface area contributed by atoms with Crippen LogP contribution in [0.2, 0.25) is 10.0 Å². The summed E-state index contributed by atoms with van der Waals surface area (Å²) in [7, 11) is 0. The summed E-state index contributed by atoms with van der Waals surface area (Å²) in [6, 6.07) is 8.51. The Morgan fingerprint density at radius 3 is 2.80 bits per heavy atom. The van der Waals surface area contributed by atoms with Gasteiger partial charge in [-0.05, 0) is 42.0 Å². The standard InChI is InChI=1S/C18H12Cl2N6O2S2/c1-8(10-7-29-16(15(10)27)9-2-3-11(19)12(20)6-9)21-24-18(28)14-5-4-13(30-14)17-22-25-26-23-17/h2-7,27H,1H3,(H,24,28)(H,22,23,25,26). The van der Waals surface area contributed by atoms with Crippen molar-refractivity contribution in [2.24, 2.45) is 5.10 Å². The predicted octanol–water partition coefficient (Wildman–Crippen LogP) is 4.82. The van der Waals surface area contributed by atoms with Crippen LogP contribution < -0.4 is 5.43 Å². The molecule has 0 bridgehead atoms. The van der Waals surface area contributed by atoms with Crippen LogP contribution in [0.25, 0.3) is 21.1 Å². The van der Waals surface area contributed by atoms with Crippen LogP contribution in [-0.4, -0.2) is 37.3 Å². The molecule has 12 heteroatoms. The molecular formula is C18H12Cl2N6O2S2. The molecule has 3 heterocycles. The topological polar surface area (TPSA) is 116 Å². The molecule has 0 aliphatic heterocycles. The zero-order valence-electron chi connectivity index (χ0n) is 15.2. The molecule has 0 radical (unpaired) electrons. The number of halogens is 2. The minimum atomic E-state index is -0.381. The number of hydrogen-bond donors (Lipinski definition) is 3. The molecule has 4 rings (SSSR count). The van der Waals surface area contributed by atoms with Crippen LogP contribution in [0.1, 0.15) is 22.2 Å². The summed E-state index contributed by atoms with van der Waals surface area (Å²) in [6.45, 7) is 1.69. The van der Waals surface area contributed by atoms with Crippen LogP contribution in [0.15, 0.2) is 40.8 Å². The van der Waals surface area contributed by atoms with Gasteiger partial charge in [-0.25, -0.2) is 5.43 Å². The van der Waals surface area contributed by atoms with E-state index in [0.717, 1.165) is 5.56 Å². The fraction of sp³-hybridized carbons (Fsp3) is 0.0556. The minimum absolute atomic E-state index is 0.0596. The number of amides is 1. The molecule has 152 valence electrons. The van der Waals surface area contributed by atoms with Gasteiger partial charge in [0.1, 0.15) is 5.75 Å². The molecule has 0 aliphatic rings. The molecule has 1 aromatic carbocycles. The second-order valence-electron chi connectivity index (χ2n) is 5.99. The normalized spacial score (nSPS) is 11.6. The summed E-state index contributed by atoms with van der Waals surface area (Å²) in [5.74, 6) is 0.0923. The first-order valence-electron chi connectivity index (χ1n) is 8.38. The summed E-state index contributed by atoms with van der Waals surface area (Å²) in [5.41, 5.74) is 4.21. The lowest BCUT2D eigenvalue weighted by atomic mass is 10.1. The molecule has 0 spiro atoms. The second-order valence-corrected chi connectivity index (χ2v) is 8.77. The molecule has 30 heavy (non-hydrogen) atoms. The molecule has 3 N–H and O–H groups in total. The first kappa shape index (κ1) is 20.5. The number of rotatable bonds is 5. The van der Waals surface area contributed by atoms with Crippen LogP contribution in [0, 0.1) is 0 Å². The lowest BCUT2D eigenvalue weighted by molar-refractivity contribution is 0.0959. The molecule has 4 aromatic rings. The van der Waals surface area contributed by atoms with Crippen molar-refractivity contribution in [3.05, 3.63) is 56.2 Å². The lowest BCUT2D eigenvalue weighted by Crippen LogP contribution is -2.18. The van der Waals surface area contributed by atoms with Gasteiger partial charge in [0.15, 0.2) is 0 Å². The number of benzene rings is 1. The van der Waals surface area contributed by atoms with E-state index in [0.29, 0.717) is 41.8 Å². The molecule has 0 saturated heterocycles. The molecule has 0 saturated carbocycles. The average Bonchev–Trinajstić information content (AvgIpc) is 3.48. The molecule has 8 nitrogen and oxygen atoms in total. The van der Waals surface area contributed by atoms with E-state index >= 15 is 0 Å². The maximum absolute atomic E-state index is 12.4. The van der Waals surface area contributed by atoms with Crippen molar-refractivity contribution >= 4 is 57.5 Å². The van der Waals surface area contributed by atoms with Crippen LogP contribution in [0.3, 0.4) is 0 Å². The number of aromatic nitrogens is 4. The van der Waals surface area contributed by atoms with E-state index in [2.05, 4.69) is 31.2 Å². The van der Waals surface area contributed by atoms with Gasteiger partial charge < -0.3 is 5.11 Å². The number of aromatic amines is 1. The third-order valence-corrected chi connectivity index (χ3v) is 6.89. The number of nitrogens with zero attached hydrogens (tertiary/aromatic N) is 4. The fourth-order valence-electron chi connectivity index (χ4n) is 2.55. The summed E-state index contributed by atoms with van der Waals surface area (Å²) in [6.07, 6.45) is 0. The quantitative estimate of drug-likeness (QED) is 0.280. The minimum Gasteiger partial charge on any atom is -0.506 e. The molecule has 0 atom stereocenters. The Hall–Kier alpha value is -2.79. The van der Waals surface area contributed by atoms with Gasteiger partial charge in [0.05, 0.1) is 36.0 Å². The summed E-state index contributed by atoms with van der Waals surface area (Å²) < 4.78 is 0. The number of hydrogen-bond acceptors (Lipinski definition) is 8. The van der Waals surface area contributed by atoms with Gasteiger partial charge in [-0.1, -0.05) is 29.3 Å². The van der Waals surface area contributed by atoms with Crippen LogP contribution >= 0.6 is 45.9 Å². The lowest BCUT2D eigenvalue weighted by Gasteiger charge is -2.04. The number of hydrazone groups is 1. The molecule has 0 aliphatic carbocycles. The Kier molecular flexibility index (Phi) is 5.82. The van der Waals surface area contributed by atoms with Gasteiger partial charge in [0.25, 0.3) is 5.91 Å². The average molecular weight is 479 g/mol. The zero-order chi connectivity index (χ0) is 21.3. The second kappa shape index (κ2) is 8.52. The highest BCUT2D eigenvalue weighted by Crippen LogP contribution is 2.40. The van der Waals surface area contributed by atoms with Crippen molar-refractivity contribution in [1.82, 2.24) is 26.0 Å². The third-order valence-electron chi connectivity index (χ3n) is 4.06. The van der Waals surface area contributed by atoms with Gasteiger partial charge in [-0.2, -0.15) is 10.3 Å². The van der Waals surface area contributed by atoms with Gasteiger partial charge in [-0.3, -0.25) is 4.79 Å². The van der Waals surface area contributed by atoms with E-state index in [-0.39, 0.29) is 11.7 Å². The van der Waals surface area contributed by atoms with E-state index in [9.17, 15) is 9.90 Å². The molecule has 3 aromatic heterocycles. The first-order chi connectivity index (χ1) is 14.4. The van der Waals surface area contributed by atoms with Crippen molar-refractivity contribution in [2.75, 3.05) is 0 Å². The van der Waals surface area contributed by atoms with E-state index in [1.54, 1.807) is 42.6 Å². The Morgan fingerprint density at radius 2 is 2.07 bits per heavy atom. The van der Waals surface area contributed by atoms with E-state index in [4.69, 9.17) is 23.2 Å². The monoisotopic (exact) mass is 478 g/mol. The number of tetrazole rings is 1. The van der Waals surface area contributed by atoms with Crippen molar-refractivity contribution in [2.45, 2.75) is 6.92 Å². The maximum atomic E-state index is 12.4. The molecular weight excluding hydrogens is 467 g/mol. The van der Waals surface area contributed by atoms with Gasteiger partial charge in [-0.15, -0.1) is 32.9 Å². The van der Waals surface area contributed by atoms with E-state index in [1.807, 2.05) is 0 Å². The number of carbonyl (C=O) groups is 1. The highest BCUT2D eigenvalue weighted by Gasteiger charge is 2.17. The van der Waals surface area contributed by atoms with Crippen LogP contribution in [0.5, 0.6) is 5.75 Å². The Morgan fingerprint density at radius 1 is 1.23 bits per heavy atom. The number of carbonyl (C=O) groups excluding carboxylic acids is 1. The largest absolute Gasteiger partial charge is 0.506 e. The Balaban J connectivity index is 1.50. The fourth-order valence-corrected chi connectivity index (χ4v) is 4.67. The van der Waals surface area contributed by atoms with Crippen molar-refractivity contribution < 1.29 is 9.90 Å². The molecule has 1 amide bonds. The van der Waals surface area contributed by atoms with Crippen LogP contribution in [-0.2, 0) is 0 Å². The Bertz CT molecular complexity index is 1250. The van der Waals surface area contributed by atoms with Crippen molar-refractivity contribution in [3.63, 3.8) is 0 Å². The van der Waals surface area contributed by atoms with Gasteiger partial charge in [0, 0.05) is 5.38 Å². The third kappa shape index (κ3) is 4.08. The maximum Gasteiger partial charge on any atom is 0.281 e. The first-order valence-corrected chi connectivity index (χ1v) is 10.8. The number of thiophene rings is 2. The molecule has 0 unspecified atom stereocenters. The summed E-state index contributed by atoms with van der Waals surface area (Å²) in [5, 5.41) is 31.0. The highest BCUT2D eigenvalue weighted by molar-refractivity contribution is 7.17. The predicted molar refractivity (Wildman–Crippen MR) is 119 cm³/mol. The Labute approximate surface area is 188 Å². The SMILES string of the molecule is CC(=NNC(=O)c1ccc(-c2nn[nH]n2)s1)c1csc(-c2ccc(Cl)c(Cl)c2)c1O. The smallest absolute Gasteiger partial charge is 0.281 e. The van der Waals surface area contributed by atoms with E-state index in [1.165, 1.54) is 22.7 Å². The summed E-state index contributed by atoms with van der Waals surface area (Å²) in [4.78, 5) is 14.2. The van der Waals surface area contributed by atoms with Crippen molar-refractivity contribution in [3.8, 4) is 26.9 Å². The highest BCUT2D eigenvalue weighted by atomic mass is 35.5. The zero-order valence-corrected chi connectivity index (χ0v) is 18.3. The number of aromatic hydroxyl groups is 1. The van der Waals surface area contributed by atoms with E-state index < -0.39 is 0 Å².